The Morgan fingerprint density at radius 2 is 0.679 bits per heavy atom. The minimum Gasteiger partial charge on any atom is -1.00 e. The van der Waals surface area contributed by atoms with Crippen molar-refractivity contribution in [2.24, 2.45) is 0 Å². The fourth-order valence-corrected chi connectivity index (χ4v) is 4.27. The number of hydrogen-bond donors (Lipinski definition) is 1. The number of halogens is 1. The van der Waals surface area contributed by atoms with E-state index in [0.29, 0.717) is 0 Å². The quantitative estimate of drug-likeness (QED) is 0.202. The molecule has 0 atom stereocenters. The topological polar surface area (TPSA) is 16.6 Å². The molecule has 0 aromatic heterocycles. The molecule has 0 unspecified atom stereocenters. The minimum absolute atomic E-state index is 0. The molecule has 0 rings (SSSR count). The van der Waals surface area contributed by atoms with Crippen LogP contribution < -0.4 is 22.3 Å². The van der Waals surface area contributed by atoms with Gasteiger partial charge in [0, 0.05) is 0 Å². The van der Waals surface area contributed by atoms with Crippen LogP contribution in [-0.4, -0.2) is 13.1 Å². The Morgan fingerprint density at radius 1 is 0.429 bits per heavy atom. The zero-order valence-electron chi connectivity index (χ0n) is 20.1. The van der Waals surface area contributed by atoms with Gasteiger partial charge in [0.05, 0.1) is 13.1 Å². The lowest BCUT2D eigenvalue weighted by Crippen LogP contribution is -3.00. The summed E-state index contributed by atoms with van der Waals surface area (Å²) in [4.78, 5) is 0. The van der Waals surface area contributed by atoms with Gasteiger partial charge < -0.3 is 22.3 Å². The Hall–Kier alpha value is 0.440. The van der Waals surface area contributed by atoms with Crippen LogP contribution >= 0.6 is 0 Å². The standard InChI is InChI=1S/C26H55N.BrH/c1-4-6-8-10-12-14-16-18-20-22-24-26(27-3)25-23-21-19-17-15-13-11-9-7-5-2;/h26-27H,4-25H2,1-3H3;1H. The Labute approximate surface area is 190 Å². The van der Waals surface area contributed by atoms with E-state index >= 15 is 0 Å². The van der Waals surface area contributed by atoms with Gasteiger partial charge in [-0.05, 0) is 25.7 Å². The third-order valence-electron chi connectivity index (χ3n) is 6.33. The third kappa shape index (κ3) is 24.5. The molecule has 0 saturated heterocycles. The first-order valence-electron chi connectivity index (χ1n) is 13.1. The van der Waals surface area contributed by atoms with E-state index in [0.717, 1.165) is 6.04 Å². The van der Waals surface area contributed by atoms with Crippen LogP contribution in [0.4, 0.5) is 0 Å². The molecule has 28 heavy (non-hydrogen) atoms. The lowest BCUT2D eigenvalue weighted by Gasteiger charge is -2.13. The molecule has 0 aliphatic rings. The van der Waals surface area contributed by atoms with Crippen molar-refractivity contribution in [3.8, 4) is 0 Å². The van der Waals surface area contributed by atoms with Gasteiger partial charge >= 0.3 is 0 Å². The van der Waals surface area contributed by atoms with Crippen molar-refractivity contribution in [2.75, 3.05) is 7.05 Å². The molecule has 0 spiro atoms. The number of quaternary nitrogens is 1. The fourth-order valence-electron chi connectivity index (χ4n) is 4.27. The van der Waals surface area contributed by atoms with E-state index in [1.807, 2.05) is 0 Å². The summed E-state index contributed by atoms with van der Waals surface area (Å²) in [7, 11) is 2.29. The first-order valence-corrected chi connectivity index (χ1v) is 13.1. The normalized spacial score (nSPS) is 11.1. The van der Waals surface area contributed by atoms with Crippen LogP contribution in [0.15, 0.2) is 0 Å². The monoisotopic (exact) mass is 461 g/mol. The summed E-state index contributed by atoms with van der Waals surface area (Å²) >= 11 is 0. The summed E-state index contributed by atoms with van der Waals surface area (Å²) in [6.07, 6.45) is 32.1. The Morgan fingerprint density at radius 3 is 0.929 bits per heavy atom. The van der Waals surface area contributed by atoms with Crippen molar-refractivity contribution < 1.29 is 22.3 Å². The summed E-state index contributed by atoms with van der Waals surface area (Å²) < 4.78 is 0. The summed E-state index contributed by atoms with van der Waals surface area (Å²) in [5, 5.41) is 2.49. The maximum Gasteiger partial charge on any atom is 0.0857 e. The van der Waals surface area contributed by atoms with E-state index in [4.69, 9.17) is 0 Å². The van der Waals surface area contributed by atoms with Crippen LogP contribution in [0, 0.1) is 0 Å². The summed E-state index contributed by atoms with van der Waals surface area (Å²) in [5.74, 6) is 0. The highest BCUT2D eigenvalue weighted by atomic mass is 79.9. The average Bonchev–Trinajstić information content (AvgIpc) is 2.69. The smallest absolute Gasteiger partial charge is 0.0857 e. The highest BCUT2D eigenvalue weighted by Crippen LogP contribution is 2.14. The van der Waals surface area contributed by atoms with Gasteiger partial charge in [-0.1, -0.05) is 129 Å². The van der Waals surface area contributed by atoms with Gasteiger partial charge in [0.15, 0.2) is 0 Å². The molecule has 172 valence electrons. The molecule has 0 bridgehead atoms. The number of rotatable bonds is 23. The lowest BCUT2D eigenvalue weighted by atomic mass is 9.99. The van der Waals surface area contributed by atoms with Gasteiger partial charge in [-0.25, -0.2) is 0 Å². The van der Waals surface area contributed by atoms with Gasteiger partial charge in [0.1, 0.15) is 0 Å². The predicted molar refractivity (Wildman–Crippen MR) is 125 cm³/mol. The molecule has 0 heterocycles. The van der Waals surface area contributed by atoms with Crippen LogP contribution in [0.25, 0.3) is 0 Å². The molecule has 2 heteroatoms. The molecular formula is C26H56BrN. The molecule has 0 radical (unpaired) electrons. The minimum atomic E-state index is 0. The van der Waals surface area contributed by atoms with Crippen molar-refractivity contribution in [3.05, 3.63) is 0 Å². The Kier molecular flexibility index (Phi) is 30.0. The van der Waals surface area contributed by atoms with Gasteiger partial charge in [0.2, 0.25) is 0 Å². The Bertz CT molecular complexity index is 233. The third-order valence-corrected chi connectivity index (χ3v) is 6.33. The van der Waals surface area contributed by atoms with Crippen molar-refractivity contribution in [1.82, 2.24) is 0 Å². The summed E-state index contributed by atoms with van der Waals surface area (Å²) in [5.41, 5.74) is 0. The van der Waals surface area contributed by atoms with E-state index in [1.54, 1.807) is 0 Å². The molecule has 0 amide bonds. The molecule has 0 aromatic carbocycles. The van der Waals surface area contributed by atoms with Gasteiger partial charge in [-0.15, -0.1) is 0 Å². The van der Waals surface area contributed by atoms with Crippen LogP contribution in [-0.2, 0) is 0 Å². The van der Waals surface area contributed by atoms with E-state index in [9.17, 15) is 0 Å². The van der Waals surface area contributed by atoms with E-state index in [-0.39, 0.29) is 17.0 Å². The van der Waals surface area contributed by atoms with Crippen molar-refractivity contribution in [3.63, 3.8) is 0 Å². The van der Waals surface area contributed by atoms with Gasteiger partial charge in [-0.3, -0.25) is 0 Å². The molecule has 1 nitrogen and oxygen atoms in total. The van der Waals surface area contributed by atoms with Gasteiger partial charge in [0.25, 0.3) is 0 Å². The van der Waals surface area contributed by atoms with Crippen LogP contribution in [0.3, 0.4) is 0 Å². The second-order valence-electron chi connectivity index (χ2n) is 9.03. The largest absolute Gasteiger partial charge is 1.00 e. The highest BCUT2D eigenvalue weighted by Gasteiger charge is 2.08. The molecule has 0 aromatic rings. The zero-order chi connectivity index (χ0) is 19.8. The molecule has 0 aliphatic heterocycles. The zero-order valence-corrected chi connectivity index (χ0v) is 21.7. The first kappa shape index (κ1) is 30.6. The number of unbranched alkanes of at least 4 members (excludes halogenated alkanes) is 18. The Balaban J connectivity index is 0. The lowest BCUT2D eigenvalue weighted by molar-refractivity contribution is -0.665. The highest BCUT2D eigenvalue weighted by molar-refractivity contribution is 4.57. The van der Waals surface area contributed by atoms with Crippen molar-refractivity contribution in [2.45, 2.75) is 161 Å². The fraction of sp³-hybridized carbons (Fsp3) is 1.00. The van der Waals surface area contributed by atoms with Crippen LogP contribution in [0.5, 0.6) is 0 Å². The maximum absolute atomic E-state index is 2.49. The van der Waals surface area contributed by atoms with Crippen LogP contribution in [0.2, 0.25) is 0 Å². The predicted octanol–water partition coefficient (Wildman–Crippen LogP) is 5.17. The molecular weight excluding hydrogens is 406 g/mol. The SMILES string of the molecule is CCCCCCCCCCCCC(CCCCCCCCCCCC)[NH2+]C.[Br-]. The molecule has 0 saturated carbocycles. The van der Waals surface area contributed by atoms with E-state index in [2.05, 4.69) is 26.2 Å². The maximum atomic E-state index is 2.49. The average molecular weight is 463 g/mol. The van der Waals surface area contributed by atoms with E-state index < -0.39 is 0 Å². The molecule has 0 fully saturated rings. The van der Waals surface area contributed by atoms with Crippen molar-refractivity contribution >= 4 is 0 Å². The number of nitrogens with two attached hydrogens (primary N) is 1. The van der Waals surface area contributed by atoms with Crippen LogP contribution in [0.1, 0.15) is 155 Å². The summed E-state index contributed by atoms with van der Waals surface area (Å²) in [6, 6.07) is 0.896. The molecule has 0 aliphatic carbocycles. The molecule has 2 N–H and O–H groups in total. The summed E-state index contributed by atoms with van der Waals surface area (Å²) in [6.45, 7) is 4.61. The second-order valence-corrected chi connectivity index (χ2v) is 9.03. The van der Waals surface area contributed by atoms with E-state index in [1.165, 1.54) is 141 Å². The first-order chi connectivity index (χ1) is 13.3. The van der Waals surface area contributed by atoms with Crippen molar-refractivity contribution in [1.29, 1.82) is 0 Å². The number of hydrogen-bond acceptors (Lipinski definition) is 0. The van der Waals surface area contributed by atoms with Gasteiger partial charge in [-0.2, -0.15) is 0 Å². The second kappa shape index (κ2) is 27.4.